The lowest BCUT2D eigenvalue weighted by molar-refractivity contribution is -0.117. The Kier molecular flexibility index (Phi) is 5.79. The minimum Gasteiger partial charge on any atom is -0.305 e. The third-order valence-electron chi connectivity index (χ3n) is 5.61. The highest BCUT2D eigenvalue weighted by Crippen LogP contribution is 2.43. The molecule has 0 bridgehead atoms. The maximum atomic E-state index is 13.3. The summed E-state index contributed by atoms with van der Waals surface area (Å²) in [5.41, 5.74) is 2.75. The molecule has 3 aromatic carbocycles. The molecular weight excluding hydrogens is 415 g/mol. The van der Waals surface area contributed by atoms with E-state index in [1.165, 1.54) is 31.2 Å². The highest BCUT2D eigenvalue weighted by atomic mass is 35.5. The molecule has 0 saturated heterocycles. The monoisotopic (exact) mass is 436 g/mol. The molecule has 0 aliphatic carbocycles. The normalized spacial score (nSPS) is 17.7. The Morgan fingerprint density at radius 3 is 2.42 bits per heavy atom. The first-order chi connectivity index (χ1) is 14.9. The van der Waals surface area contributed by atoms with Gasteiger partial charge in [-0.1, -0.05) is 35.9 Å². The van der Waals surface area contributed by atoms with Crippen LogP contribution in [0.4, 0.5) is 15.8 Å². The van der Waals surface area contributed by atoms with Gasteiger partial charge >= 0.3 is 0 Å². The maximum Gasteiger partial charge on any atom is 0.258 e. The number of para-hydroxylation sites is 1. The van der Waals surface area contributed by atoms with Crippen LogP contribution >= 0.6 is 11.6 Å². The molecule has 0 saturated carbocycles. The smallest absolute Gasteiger partial charge is 0.258 e. The topological polar surface area (TPSA) is 40.6 Å². The Labute approximate surface area is 185 Å². The van der Waals surface area contributed by atoms with Crippen molar-refractivity contribution in [2.45, 2.75) is 32.4 Å². The number of carbonyl (C=O) groups is 2. The molecular formula is C25H22ClFN2O2. The van der Waals surface area contributed by atoms with E-state index in [0.717, 1.165) is 11.3 Å². The fourth-order valence-corrected chi connectivity index (χ4v) is 4.46. The molecule has 4 nitrogen and oxygen atoms in total. The molecule has 1 aliphatic heterocycles. The van der Waals surface area contributed by atoms with Crippen LogP contribution in [0.3, 0.4) is 0 Å². The van der Waals surface area contributed by atoms with Crippen LogP contribution in [0, 0.1) is 5.82 Å². The first-order valence-electron chi connectivity index (χ1n) is 10.1. The van der Waals surface area contributed by atoms with E-state index in [1.807, 2.05) is 43.3 Å². The molecule has 158 valence electrons. The summed E-state index contributed by atoms with van der Waals surface area (Å²) < 4.78 is 13.3. The Bertz CT molecular complexity index is 1130. The number of fused-ring (bicyclic) bond motifs is 1. The van der Waals surface area contributed by atoms with E-state index in [1.54, 1.807) is 21.9 Å². The predicted octanol–water partition coefficient (Wildman–Crippen LogP) is 6.01. The lowest BCUT2D eigenvalue weighted by Gasteiger charge is -2.43. The van der Waals surface area contributed by atoms with E-state index >= 15 is 0 Å². The molecule has 0 spiro atoms. The maximum absolute atomic E-state index is 13.3. The van der Waals surface area contributed by atoms with Gasteiger partial charge in [0.2, 0.25) is 5.91 Å². The van der Waals surface area contributed by atoms with Crippen molar-refractivity contribution in [1.29, 1.82) is 0 Å². The van der Waals surface area contributed by atoms with Crippen LogP contribution in [0.25, 0.3) is 0 Å². The standard InChI is InChI=1S/C25H22ClFN2O2/c1-16-14-24(29(17(2)30)21-7-5-6-19(26)15-21)22-8-3-4-9-23(22)28(16)25(31)18-10-12-20(27)13-11-18/h3-13,15-16,24H,14H2,1-2H3/t16-,24+/m1/s1. The Morgan fingerprint density at radius 1 is 1.03 bits per heavy atom. The molecule has 31 heavy (non-hydrogen) atoms. The van der Waals surface area contributed by atoms with Crippen molar-refractivity contribution in [3.05, 3.63) is 94.8 Å². The summed E-state index contributed by atoms with van der Waals surface area (Å²) >= 11 is 6.19. The molecule has 0 unspecified atom stereocenters. The Hall–Kier alpha value is -3.18. The molecule has 2 atom stereocenters. The third kappa shape index (κ3) is 4.06. The van der Waals surface area contributed by atoms with Gasteiger partial charge in [-0.3, -0.25) is 9.59 Å². The number of halogens is 2. The zero-order chi connectivity index (χ0) is 22.1. The van der Waals surface area contributed by atoms with Crippen molar-refractivity contribution < 1.29 is 14.0 Å². The fourth-order valence-electron chi connectivity index (χ4n) is 4.27. The number of benzene rings is 3. The van der Waals surface area contributed by atoms with Gasteiger partial charge in [-0.05, 0) is 67.4 Å². The van der Waals surface area contributed by atoms with Crippen LogP contribution in [0.1, 0.15) is 42.2 Å². The average Bonchev–Trinajstić information content (AvgIpc) is 2.74. The molecule has 1 heterocycles. The van der Waals surface area contributed by atoms with Gasteiger partial charge in [0.1, 0.15) is 5.82 Å². The largest absolute Gasteiger partial charge is 0.305 e. The molecule has 0 aromatic heterocycles. The van der Waals surface area contributed by atoms with Crippen LogP contribution in [0.15, 0.2) is 72.8 Å². The summed E-state index contributed by atoms with van der Waals surface area (Å²) in [6, 6.07) is 19.9. The number of anilines is 2. The average molecular weight is 437 g/mol. The van der Waals surface area contributed by atoms with Gasteiger partial charge < -0.3 is 9.80 Å². The number of rotatable bonds is 3. The molecule has 0 N–H and O–H groups in total. The minimum atomic E-state index is -0.387. The zero-order valence-corrected chi connectivity index (χ0v) is 18.0. The van der Waals surface area contributed by atoms with Crippen molar-refractivity contribution in [1.82, 2.24) is 0 Å². The highest BCUT2D eigenvalue weighted by molar-refractivity contribution is 6.30. The van der Waals surface area contributed by atoms with Gasteiger partial charge in [0.25, 0.3) is 5.91 Å². The van der Waals surface area contributed by atoms with Crippen molar-refractivity contribution >= 4 is 34.8 Å². The SMILES string of the molecule is CC(=O)N(c1cccc(Cl)c1)[C@H]1C[C@@H](C)N(C(=O)c2ccc(F)cc2)c2ccccc21. The van der Waals surface area contributed by atoms with Gasteiger partial charge in [-0.15, -0.1) is 0 Å². The van der Waals surface area contributed by atoms with Gasteiger partial charge in [0.15, 0.2) is 0 Å². The van der Waals surface area contributed by atoms with Crippen molar-refractivity contribution in [2.24, 2.45) is 0 Å². The van der Waals surface area contributed by atoms with E-state index in [0.29, 0.717) is 22.7 Å². The molecule has 6 heteroatoms. The molecule has 0 fully saturated rings. The second-order valence-electron chi connectivity index (χ2n) is 7.71. The first-order valence-corrected chi connectivity index (χ1v) is 10.5. The van der Waals surface area contributed by atoms with Crippen LogP contribution in [-0.4, -0.2) is 17.9 Å². The number of hydrogen-bond donors (Lipinski definition) is 0. The third-order valence-corrected chi connectivity index (χ3v) is 5.84. The van der Waals surface area contributed by atoms with Gasteiger partial charge in [0.05, 0.1) is 6.04 Å². The minimum absolute atomic E-state index is 0.104. The predicted molar refractivity (Wildman–Crippen MR) is 121 cm³/mol. The van der Waals surface area contributed by atoms with Gasteiger partial charge in [0, 0.05) is 34.9 Å². The van der Waals surface area contributed by atoms with E-state index < -0.39 is 0 Å². The summed E-state index contributed by atoms with van der Waals surface area (Å²) in [5, 5.41) is 0.550. The first kappa shape index (κ1) is 21.1. The summed E-state index contributed by atoms with van der Waals surface area (Å²) in [4.78, 5) is 29.5. The number of nitrogens with zero attached hydrogens (tertiary/aromatic N) is 2. The molecule has 4 rings (SSSR count). The van der Waals surface area contributed by atoms with E-state index in [2.05, 4.69) is 0 Å². The van der Waals surface area contributed by atoms with E-state index in [4.69, 9.17) is 11.6 Å². The van der Waals surface area contributed by atoms with E-state index in [9.17, 15) is 14.0 Å². The summed E-state index contributed by atoms with van der Waals surface area (Å²) in [6.07, 6.45) is 0.552. The second-order valence-corrected chi connectivity index (χ2v) is 8.15. The summed E-state index contributed by atoms with van der Waals surface area (Å²) in [7, 11) is 0. The number of hydrogen-bond acceptors (Lipinski definition) is 2. The van der Waals surface area contributed by atoms with Crippen LogP contribution in [0.2, 0.25) is 5.02 Å². The van der Waals surface area contributed by atoms with Crippen molar-refractivity contribution in [2.75, 3.05) is 9.80 Å². The number of carbonyl (C=O) groups excluding carboxylic acids is 2. The Morgan fingerprint density at radius 2 is 1.74 bits per heavy atom. The fraction of sp³-hybridized carbons (Fsp3) is 0.200. The summed E-state index contributed by atoms with van der Waals surface area (Å²) in [6.45, 7) is 3.49. The molecule has 2 amide bonds. The lowest BCUT2D eigenvalue weighted by Crippen LogP contribution is -2.47. The van der Waals surface area contributed by atoms with Crippen LogP contribution in [0.5, 0.6) is 0 Å². The summed E-state index contributed by atoms with van der Waals surface area (Å²) in [5.74, 6) is -0.689. The quantitative estimate of drug-likeness (QED) is 0.504. The molecule has 1 aliphatic rings. The Balaban J connectivity index is 1.78. The van der Waals surface area contributed by atoms with E-state index in [-0.39, 0.29) is 29.7 Å². The highest BCUT2D eigenvalue weighted by Gasteiger charge is 2.38. The van der Waals surface area contributed by atoms with Crippen LogP contribution in [-0.2, 0) is 4.79 Å². The van der Waals surface area contributed by atoms with Gasteiger partial charge in [-0.25, -0.2) is 4.39 Å². The van der Waals surface area contributed by atoms with Gasteiger partial charge in [-0.2, -0.15) is 0 Å². The second kappa shape index (κ2) is 8.52. The van der Waals surface area contributed by atoms with Crippen molar-refractivity contribution in [3.63, 3.8) is 0 Å². The molecule has 0 radical (unpaired) electrons. The van der Waals surface area contributed by atoms with Crippen molar-refractivity contribution in [3.8, 4) is 0 Å². The van der Waals surface area contributed by atoms with Crippen LogP contribution < -0.4 is 9.80 Å². The zero-order valence-electron chi connectivity index (χ0n) is 17.3. The number of amides is 2. The molecule has 3 aromatic rings. The lowest BCUT2D eigenvalue weighted by atomic mass is 9.89.